The van der Waals surface area contributed by atoms with Crippen LogP contribution in [-0.4, -0.2) is 48.1 Å². The highest BCUT2D eigenvalue weighted by atomic mass is 16.5. The van der Waals surface area contributed by atoms with Crippen molar-refractivity contribution in [3.05, 3.63) is 17.0 Å². The molecule has 1 rings (SSSR count). The molecule has 1 heterocycles. The average molecular weight is 298 g/mol. The van der Waals surface area contributed by atoms with Crippen LogP contribution in [0.2, 0.25) is 0 Å². The van der Waals surface area contributed by atoms with Gasteiger partial charge in [0.1, 0.15) is 5.69 Å². The van der Waals surface area contributed by atoms with Crippen molar-refractivity contribution in [1.82, 2.24) is 9.78 Å². The minimum atomic E-state index is -0.552. The molecule has 1 atom stereocenters. The van der Waals surface area contributed by atoms with Crippen LogP contribution in [0.3, 0.4) is 0 Å². The lowest BCUT2D eigenvalue weighted by molar-refractivity contribution is 0.0493. The molecule has 1 aromatic rings. The Bertz CT molecular complexity index is 510. The monoisotopic (exact) mass is 298 g/mol. The van der Waals surface area contributed by atoms with Crippen LogP contribution in [0, 0.1) is 6.92 Å². The van der Waals surface area contributed by atoms with E-state index in [1.807, 2.05) is 6.92 Å². The van der Waals surface area contributed by atoms with E-state index in [0.29, 0.717) is 12.1 Å². The van der Waals surface area contributed by atoms with Gasteiger partial charge < -0.3 is 14.2 Å². The molecule has 0 fully saturated rings. The zero-order valence-corrected chi connectivity index (χ0v) is 13.1. The van der Waals surface area contributed by atoms with Crippen molar-refractivity contribution in [3.8, 4) is 0 Å². The summed E-state index contributed by atoms with van der Waals surface area (Å²) >= 11 is 0. The molecule has 0 saturated heterocycles. The summed E-state index contributed by atoms with van der Waals surface area (Å²) in [7, 11) is 1.57. The summed E-state index contributed by atoms with van der Waals surface area (Å²) in [4.78, 5) is 24.0. The normalized spacial score (nSPS) is 12.0. The maximum absolute atomic E-state index is 12.1. The first-order valence-electron chi connectivity index (χ1n) is 6.90. The summed E-state index contributed by atoms with van der Waals surface area (Å²) < 4.78 is 16.6. The second-order valence-corrected chi connectivity index (χ2v) is 4.49. The largest absolute Gasteiger partial charge is 0.461 e. The van der Waals surface area contributed by atoms with Crippen LogP contribution in [0.4, 0.5) is 0 Å². The summed E-state index contributed by atoms with van der Waals surface area (Å²) in [5.41, 5.74) is 0.835. The van der Waals surface area contributed by atoms with E-state index in [9.17, 15) is 9.59 Å². The first-order valence-corrected chi connectivity index (χ1v) is 6.90. The van der Waals surface area contributed by atoms with Crippen molar-refractivity contribution < 1.29 is 23.8 Å². The summed E-state index contributed by atoms with van der Waals surface area (Å²) in [5, 5.41) is 4.18. The van der Waals surface area contributed by atoms with Crippen LogP contribution in [0.25, 0.3) is 0 Å². The van der Waals surface area contributed by atoms with E-state index in [-0.39, 0.29) is 30.7 Å². The second-order valence-electron chi connectivity index (χ2n) is 4.49. The zero-order chi connectivity index (χ0) is 16.0. The quantitative estimate of drug-likeness (QED) is 0.711. The van der Waals surface area contributed by atoms with Gasteiger partial charge in [-0.05, 0) is 27.7 Å². The zero-order valence-electron chi connectivity index (χ0n) is 13.1. The lowest BCUT2D eigenvalue weighted by Gasteiger charge is -2.12. The summed E-state index contributed by atoms with van der Waals surface area (Å²) in [5.74, 6) is -1.06. The Kier molecular flexibility index (Phi) is 6.36. The maximum atomic E-state index is 12.1. The molecule has 1 unspecified atom stereocenters. The van der Waals surface area contributed by atoms with Gasteiger partial charge in [-0.15, -0.1) is 0 Å². The summed E-state index contributed by atoms with van der Waals surface area (Å²) in [6.07, 6.45) is -0.160. The Labute approximate surface area is 124 Å². The molecule has 0 aliphatic carbocycles. The fraction of sp³-hybridized carbons (Fsp3) is 0.643. The number of hydrogen-bond acceptors (Lipinski definition) is 6. The van der Waals surface area contributed by atoms with Gasteiger partial charge in [-0.3, -0.25) is 4.68 Å². The first-order chi connectivity index (χ1) is 9.96. The van der Waals surface area contributed by atoms with Crippen LogP contribution in [-0.2, 0) is 20.8 Å². The molecule has 0 aliphatic heterocycles. The van der Waals surface area contributed by atoms with E-state index < -0.39 is 11.9 Å². The van der Waals surface area contributed by atoms with E-state index in [1.165, 1.54) is 4.68 Å². The van der Waals surface area contributed by atoms with Gasteiger partial charge in [-0.25, -0.2) is 9.59 Å². The van der Waals surface area contributed by atoms with Gasteiger partial charge in [-0.1, -0.05) is 0 Å². The number of carbonyl (C=O) groups excluding carboxylic acids is 2. The maximum Gasteiger partial charge on any atom is 0.359 e. The van der Waals surface area contributed by atoms with Gasteiger partial charge >= 0.3 is 11.9 Å². The van der Waals surface area contributed by atoms with E-state index in [2.05, 4.69) is 5.10 Å². The average Bonchev–Trinajstić information content (AvgIpc) is 2.76. The molecule has 0 aliphatic rings. The first kappa shape index (κ1) is 17.2. The highest BCUT2D eigenvalue weighted by Crippen LogP contribution is 2.17. The standard InChI is InChI=1S/C14H22N2O5/c1-6-20-13(17)11-10(4)12(14(18)21-7-2)16(15-11)8-9(3)19-5/h9H,6-8H2,1-5H3. The molecule has 0 radical (unpaired) electrons. The molecule has 21 heavy (non-hydrogen) atoms. The Morgan fingerprint density at radius 2 is 1.76 bits per heavy atom. The molecular formula is C14H22N2O5. The van der Waals surface area contributed by atoms with E-state index in [4.69, 9.17) is 14.2 Å². The number of ether oxygens (including phenoxy) is 3. The number of hydrogen-bond donors (Lipinski definition) is 0. The van der Waals surface area contributed by atoms with E-state index >= 15 is 0 Å². The fourth-order valence-corrected chi connectivity index (χ4v) is 1.85. The molecule has 0 bridgehead atoms. The van der Waals surface area contributed by atoms with E-state index in [1.54, 1.807) is 27.9 Å². The van der Waals surface area contributed by atoms with Crippen LogP contribution in [0.5, 0.6) is 0 Å². The second kappa shape index (κ2) is 7.78. The van der Waals surface area contributed by atoms with Crippen molar-refractivity contribution in [1.29, 1.82) is 0 Å². The predicted molar refractivity (Wildman–Crippen MR) is 75.3 cm³/mol. The lowest BCUT2D eigenvalue weighted by atomic mass is 10.2. The number of methoxy groups -OCH3 is 1. The number of rotatable bonds is 7. The van der Waals surface area contributed by atoms with Crippen molar-refractivity contribution in [3.63, 3.8) is 0 Å². The Balaban J connectivity index is 3.22. The topological polar surface area (TPSA) is 79.6 Å². The van der Waals surface area contributed by atoms with Crippen molar-refractivity contribution in [2.45, 2.75) is 40.3 Å². The van der Waals surface area contributed by atoms with Gasteiger partial charge in [0.25, 0.3) is 0 Å². The highest BCUT2D eigenvalue weighted by molar-refractivity contribution is 5.95. The molecule has 0 saturated carbocycles. The smallest absolute Gasteiger partial charge is 0.359 e. The van der Waals surface area contributed by atoms with Crippen molar-refractivity contribution in [2.24, 2.45) is 0 Å². The van der Waals surface area contributed by atoms with Crippen LogP contribution in [0.15, 0.2) is 0 Å². The Morgan fingerprint density at radius 3 is 2.29 bits per heavy atom. The van der Waals surface area contributed by atoms with Gasteiger partial charge in [0, 0.05) is 12.7 Å². The van der Waals surface area contributed by atoms with Crippen LogP contribution < -0.4 is 0 Å². The molecule has 0 amide bonds. The SMILES string of the molecule is CCOC(=O)c1nn(CC(C)OC)c(C(=O)OCC)c1C. The summed E-state index contributed by atoms with van der Waals surface area (Å²) in [6, 6.07) is 0. The molecule has 0 spiro atoms. The van der Waals surface area contributed by atoms with Crippen LogP contribution in [0.1, 0.15) is 47.3 Å². The molecular weight excluding hydrogens is 276 g/mol. The third-order valence-corrected chi connectivity index (χ3v) is 2.96. The molecule has 7 nitrogen and oxygen atoms in total. The minimum Gasteiger partial charge on any atom is -0.461 e. The number of aromatic nitrogens is 2. The van der Waals surface area contributed by atoms with Gasteiger partial charge in [-0.2, -0.15) is 5.10 Å². The van der Waals surface area contributed by atoms with Gasteiger partial charge in [0.2, 0.25) is 0 Å². The third kappa shape index (κ3) is 4.04. The highest BCUT2D eigenvalue weighted by Gasteiger charge is 2.26. The van der Waals surface area contributed by atoms with Gasteiger partial charge in [0.05, 0.1) is 25.9 Å². The molecule has 7 heteroatoms. The van der Waals surface area contributed by atoms with Crippen LogP contribution >= 0.6 is 0 Å². The number of carbonyl (C=O) groups is 2. The summed E-state index contributed by atoms with van der Waals surface area (Å²) in [6.45, 7) is 7.76. The van der Waals surface area contributed by atoms with E-state index in [0.717, 1.165) is 0 Å². The minimum absolute atomic E-state index is 0.128. The number of esters is 2. The molecule has 0 N–H and O–H groups in total. The number of nitrogens with zero attached hydrogens (tertiary/aromatic N) is 2. The van der Waals surface area contributed by atoms with Crippen molar-refractivity contribution in [2.75, 3.05) is 20.3 Å². The third-order valence-electron chi connectivity index (χ3n) is 2.96. The predicted octanol–water partition coefficient (Wildman–Crippen LogP) is 1.58. The van der Waals surface area contributed by atoms with Gasteiger partial charge in [0.15, 0.2) is 5.69 Å². The van der Waals surface area contributed by atoms with Crippen molar-refractivity contribution >= 4 is 11.9 Å². The fourth-order valence-electron chi connectivity index (χ4n) is 1.85. The molecule has 1 aromatic heterocycles. The Morgan fingerprint density at radius 1 is 1.19 bits per heavy atom. The molecule has 0 aromatic carbocycles. The Hall–Kier alpha value is -1.89. The molecule has 118 valence electrons. The lowest BCUT2D eigenvalue weighted by Crippen LogP contribution is -2.21.